The first kappa shape index (κ1) is 9.58. The normalized spacial score (nSPS) is 21.6. The van der Waals surface area contributed by atoms with E-state index in [0.717, 1.165) is 11.9 Å². The molecule has 0 bridgehead atoms. The van der Waals surface area contributed by atoms with Gasteiger partial charge in [0, 0.05) is 30.7 Å². The molecule has 1 aromatic rings. The second-order valence-corrected chi connectivity index (χ2v) is 3.94. The van der Waals surface area contributed by atoms with Gasteiger partial charge in [0.15, 0.2) is 5.82 Å². The molecule has 0 saturated carbocycles. The van der Waals surface area contributed by atoms with Gasteiger partial charge in [-0.2, -0.15) is 0 Å². The molecular formula is C9H10BrN3O. The van der Waals surface area contributed by atoms with Gasteiger partial charge in [-0.15, -0.1) is 0 Å². The number of hydrogen-bond donors (Lipinski definition) is 0. The third kappa shape index (κ3) is 1.77. The molecule has 1 aromatic heterocycles. The molecule has 1 fully saturated rings. The van der Waals surface area contributed by atoms with Gasteiger partial charge in [-0.25, -0.2) is 4.98 Å². The lowest BCUT2D eigenvalue weighted by Crippen LogP contribution is -2.25. The molecule has 14 heavy (non-hydrogen) atoms. The van der Waals surface area contributed by atoms with Crippen LogP contribution in [-0.4, -0.2) is 27.7 Å². The van der Waals surface area contributed by atoms with Crippen LogP contribution in [-0.2, 0) is 4.79 Å². The van der Waals surface area contributed by atoms with Crippen LogP contribution >= 0.6 is 15.9 Å². The van der Waals surface area contributed by atoms with Crippen LogP contribution in [0.2, 0.25) is 0 Å². The Kier molecular flexibility index (Phi) is 2.77. The molecule has 0 spiro atoms. The van der Waals surface area contributed by atoms with Crippen LogP contribution in [0.15, 0.2) is 18.6 Å². The molecule has 4 nitrogen and oxygen atoms in total. The van der Waals surface area contributed by atoms with Crippen LogP contribution in [0.25, 0.3) is 0 Å². The van der Waals surface area contributed by atoms with Crippen molar-refractivity contribution in [3.8, 4) is 0 Å². The molecule has 0 N–H and O–H groups in total. The van der Waals surface area contributed by atoms with Gasteiger partial charge >= 0.3 is 0 Å². The molecule has 1 aliphatic heterocycles. The van der Waals surface area contributed by atoms with Gasteiger partial charge in [0.25, 0.3) is 0 Å². The molecular weight excluding hydrogens is 246 g/mol. The third-order valence-corrected chi connectivity index (χ3v) is 3.17. The fourth-order valence-electron chi connectivity index (χ4n) is 1.54. The van der Waals surface area contributed by atoms with Crippen LogP contribution in [0.4, 0.5) is 5.82 Å². The molecule has 0 radical (unpaired) electrons. The van der Waals surface area contributed by atoms with Crippen LogP contribution in [0.3, 0.4) is 0 Å². The van der Waals surface area contributed by atoms with Crippen LogP contribution in [0, 0.1) is 5.92 Å². The molecule has 1 saturated heterocycles. The number of amides is 1. The average molecular weight is 256 g/mol. The highest BCUT2D eigenvalue weighted by Crippen LogP contribution is 2.23. The number of hydrogen-bond acceptors (Lipinski definition) is 3. The van der Waals surface area contributed by atoms with Crippen molar-refractivity contribution in [1.82, 2.24) is 9.97 Å². The van der Waals surface area contributed by atoms with E-state index in [1.54, 1.807) is 23.5 Å². The van der Waals surface area contributed by atoms with E-state index < -0.39 is 0 Å². The summed E-state index contributed by atoms with van der Waals surface area (Å²) in [4.78, 5) is 21.3. The average Bonchev–Trinajstić information content (AvgIpc) is 2.61. The quantitative estimate of drug-likeness (QED) is 0.747. The topological polar surface area (TPSA) is 46.1 Å². The fourth-order valence-corrected chi connectivity index (χ4v) is 1.97. The molecule has 1 unspecified atom stereocenters. The minimum absolute atomic E-state index is 0.134. The predicted molar refractivity (Wildman–Crippen MR) is 56.3 cm³/mol. The molecule has 1 atom stereocenters. The van der Waals surface area contributed by atoms with Crippen molar-refractivity contribution in [3.05, 3.63) is 18.6 Å². The largest absolute Gasteiger partial charge is 0.295 e. The van der Waals surface area contributed by atoms with Crippen molar-refractivity contribution >= 4 is 27.7 Å². The number of anilines is 1. The first-order valence-corrected chi connectivity index (χ1v) is 5.55. The van der Waals surface area contributed by atoms with Gasteiger partial charge in [-0.05, 0) is 5.92 Å². The Hall–Kier alpha value is -0.970. The number of halogens is 1. The van der Waals surface area contributed by atoms with E-state index in [9.17, 15) is 4.79 Å². The Morgan fingerprint density at radius 2 is 2.43 bits per heavy atom. The molecule has 2 heterocycles. The zero-order chi connectivity index (χ0) is 9.97. The maximum atomic E-state index is 11.6. The zero-order valence-electron chi connectivity index (χ0n) is 7.56. The number of carbonyl (C=O) groups is 1. The van der Waals surface area contributed by atoms with E-state index in [4.69, 9.17) is 0 Å². The van der Waals surface area contributed by atoms with Crippen molar-refractivity contribution in [2.45, 2.75) is 6.42 Å². The summed E-state index contributed by atoms with van der Waals surface area (Å²) in [6.07, 6.45) is 5.42. The van der Waals surface area contributed by atoms with Gasteiger partial charge in [0.1, 0.15) is 0 Å². The highest BCUT2D eigenvalue weighted by Gasteiger charge is 2.30. The second-order valence-electron chi connectivity index (χ2n) is 3.29. The lowest BCUT2D eigenvalue weighted by Gasteiger charge is -2.13. The minimum atomic E-state index is 0.134. The highest BCUT2D eigenvalue weighted by atomic mass is 79.9. The Morgan fingerprint density at radius 1 is 1.57 bits per heavy atom. The second kappa shape index (κ2) is 4.04. The van der Waals surface area contributed by atoms with E-state index in [2.05, 4.69) is 25.9 Å². The van der Waals surface area contributed by atoms with E-state index in [0.29, 0.717) is 18.2 Å². The zero-order valence-corrected chi connectivity index (χ0v) is 9.14. The van der Waals surface area contributed by atoms with E-state index in [1.807, 2.05) is 0 Å². The van der Waals surface area contributed by atoms with Gasteiger partial charge in [0.05, 0.1) is 6.20 Å². The van der Waals surface area contributed by atoms with Crippen molar-refractivity contribution in [2.75, 3.05) is 16.8 Å². The van der Waals surface area contributed by atoms with Crippen molar-refractivity contribution in [1.29, 1.82) is 0 Å². The molecule has 2 rings (SSSR count). The summed E-state index contributed by atoms with van der Waals surface area (Å²) in [6, 6.07) is 0. The van der Waals surface area contributed by atoms with Crippen molar-refractivity contribution in [2.24, 2.45) is 5.92 Å². The maximum Gasteiger partial charge on any atom is 0.228 e. The standard InChI is InChI=1S/C9H10BrN3O/c10-4-7-3-9(14)13(6-7)8-5-11-1-2-12-8/h1-2,5,7H,3-4,6H2. The smallest absolute Gasteiger partial charge is 0.228 e. The first-order chi connectivity index (χ1) is 6.81. The Morgan fingerprint density at radius 3 is 3.00 bits per heavy atom. The van der Waals surface area contributed by atoms with Gasteiger partial charge in [-0.3, -0.25) is 14.7 Å². The van der Waals surface area contributed by atoms with Crippen molar-refractivity contribution < 1.29 is 4.79 Å². The lowest BCUT2D eigenvalue weighted by atomic mass is 10.2. The lowest BCUT2D eigenvalue weighted by molar-refractivity contribution is -0.117. The van der Waals surface area contributed by atoms with Crippen molar-refractivity contribution in [3.63, 3.8) is 0 Å². The minimum Gasteiger partial charge on any atom is -0.295 e. The number of rotatable bonds is 2. The summed E-state index contributed by atoms with van der Waals surface area (Å²) in [5.74, 6) is 1.18. The molecule has 74 valence electrons. The summed E-state index contributed by atoms with van der Waals surface area (Å²) >= 11 is 3.39. The summed E-state index contributed by atoms with van der Waals surface area (Å²) in [6.45, 7) is 0.739. The van der Waals surface area contributed by atoms with E-state index >= 15 is 0 Å². The molecule has 0 aliphatic carbocycles. The Bertz CT molecular complexity index is 330. The molecule has 1 aliphatic rings. The number of alkyl halides is 1. The van der Waals surface area contributed by atoms with E-state index in [1.165, 1.54) is 0 Å². The monoisotopic (exact) mass is 255 g/mol. The van der Waals surface area contributed by atoms with E-state index in [-0.39, 0.29) is 5.91 Å². The molecule has 0 aromatic carbocycles. The van der Waals surface area contributed by atoms with Gasteiger partial charge in [-0.1, -0.05) is 15.9 Å². The number of aromatic nitrogens is 2. The summed E-state index contributed by atoms with van der Waals surface area (Å²) < 4.78 is 0. The number of nitrogens with zero attached hydrogens (tertiary/aromatic N) is 3. The third-order valence-electron chi connectivity index (χ3n) is 2.25. The molecule has 5 heteroatoms. The van der Waals surface area contributed by atoms with Gasteiger partial charge in [0.2, 0.25) is 5.91 Å². The Balaban J connectivity index is 2.17. The first-order valence-electron chi connectivity index (χ1n) is 4.43. The predicted octanol–water partition coefficient (Wildman–Crippen LogP) is 1.22. The fraction of sp³-hybridized carbons (Fsp3) is 0.444. The van der Waals surface area contributed by atoms with Crippen LogP contribution < -0.4 is 4.90 Å². The summed E-state index contributed by atoms with van der Waals surface area (Å²) in [5.41, 5.74) is 0. The Labute approximate surface area is 90.5 Å². The maximum absolute atomic E-state index is 11.6. The van der Waals surface area contributed by atoms with Gasteiger partial charge < -0.3 is 0 Å². The summed E-state index contributed by atoms with van der Waals surface area (Å²) in [5, 5.41) is 0.857. The molecule has 1 amide bonds. The highest BCUT2D eigenvalue weighted by molar-refractivity contribution is 9.09. The summed E-state index contributed by atoms with van der Waals surface area (Å²) in [7, 11) is 0. The van der Waals surface area contributed by atoms with Crippen LogP contribution in [0.5, 0.6) is 0 Å². The SMILES string of the molecule is O=C1CC(CBr)CN1c1cnccn1. The number of carbonyl (C=O) groups excluding carboxylic acids is 1. The van der Waals surface area contributed by atoms with Crippen LogP contribution in [0.1, 0.15) is 6.42 Å².